The second kappa shape index (κ2) is 4.26. The maximum absolute atomic E-state index is 10.3. The maximum Gasteiger partial charge on any atom is 0.331 e. The molecule has 0 N–H and O–H groups in total. The van der Waals surface area contributed by atoms with Crippen molar-refractivity contribution in [2.24, 2.45) is 0 Å². The smallest absolute Gasteiger partial charge is 0.331 e. The molecule has 3 nitrogen and oxygen atoms in total. The predicted molar refractivity (Wildman–Crippen MR) is 35.2 cm³/mol. The summed E-state index contributed by atoms with van der Waals surface area (Å²) in [5.41, 5.74) is 0. The van der Waals surface area contributed by atoms with Gasteiger partial charge < -0.3 is 4.74 Å². The van der Waals surface area contributed by atoms with Crippen LogP contribution in [-0.4, -0.2) is 23.5 Å². The average Bonchev–Trinajstić information content (AvgIpc) is 1.83. The highest BCUT2D eigenvalue weighted by Gasteiger charge is 1.89. The molecule has 1 unspecified atom stereocenters. The molecule has 0 fully saturated rings. The fourth-order valence-electron chi connectivity index (χ4n) is 0.219. The molecule has 0 saturated carbocycles. The number of hydrogen-bond acceptors (Lipinski definition) is 3. The summed E-state index contributed by atoms with van der Waals surface area (Å²) in [6, 6.07) is 0. The molecular weight excluding hydrogens is 140 g/mol. The van der Waals surface area contributed by atoms with Crippen LogP contribution in [-0.2, 0) is 20.3 Å². The van der Waals surface area contributed by atoms with Crippen LogP contribution in [0.3, 0.4) is 0 Å². The number of esters is 1. The Kier molecular flexibility index (Phi) is 3.96. The Morgan fingerprint density at radius 1 is 1.67 bits per heavy atom. The minimum atomic E-state index is -1.07. The number of carbonyl (C=O) groups is 1. The third kappa shape index (κ3) is 5.23. The SMILES string of the molecule is COC(=O)/C=C/S(C)=O. The number of rotatable bonds is 2. The summed E-state index contributed by atoms with van der Waals surface area (Å²) in [7, 11) is 0.200. The summed E-state index contributed by atoms with van der Waals surface area (Å²) in [4.78, 5) is 10.3. The first-order chi connectivity index (χ1) is 4.16. The van der Waals surface area contributed by atoms with E-state index in [1.165, 1.54) is 18.8 Å². The number of carbonyl (C=O) groups excluding carboxylic acids is 1. The molecule has 9 heavy (non-hydrogen) atoms. The van der Waals surface area contributed by atoms with Gasteiger partial charge in [-0.3, -0.25) is 4.21 Å². The molecule has 0 bridgehead atoms. The lowest BCUT2D eigenvalue weighted by atomic mass is 10.7. The zero-order valence-corrected chi connectivity index (χ0v) is 6.10. The second-order valence-electron chi connectivity index (χ2n) is 1.32. The van der Waals surface area contributed by atoms with Crippen molar-refractivity contribution in [1.29, 1.82) is 0 Å². The van der Waals surface area contributed by atoms with E-state index >= 15 is 0 Å². The van der Waals surface area contributed by atoms with E-state index in [1.807, 2.05) is 0 Å². The summed E-state index contributed by atoms with van der Waals surface area (Å²) in [6.07, 6.45) is 2.61. The van der Waals surface area contributed by atoms with E-state index in [1.54, 1.807) is 0 Å². The maximum atomic E-state index is 10.3. The van der Waals surface area contributed by atoms with Crippen LogP contribution in [0, 0.1) is 0 Å². The first kappa shape index (κ1) is 8.36. The molecule has 0 aromatic heterocycles. The summed E-state index contributed by atoms with van der Waals surface area (Å²) in [5.74, 6) is -0.481. The van der Waals surface area contributed by atoms with Gasteiger partial charge in [0, 0.05) is 28.5 Å². The number of methoxy groups -OCH3 is 1. The molecular formula is C5H8O3S. The van der Waals surface area contributed by atoms with Gasteiger partial charge in [0.15, 0.2) is 0 Å². The van der Waals surface area contributed by atoms with Crippen LogP contribution in [0.5, 0.6) is 0 Å². The van der Waals surface area contributed by atoms with E-state index in [0.29, 0.717) is 0 Å². The van der Waals surface area contributed by atoms with E-state index in [4.69, 9.17) is 0 Å². The number of ether oxygens (including phenoxy) is 1. The van der Waals surface area contributed by atoms with Crippen LogP contribution >= 0.6 is 0 Å². The van der Waals surface area contributed by atoms with E-state index in [9.17, 15) is 9.00 Å². The van der Waals surface area contributed by atoms with Crippen molar-refractivity contribution in [3.05, 3.63) is 11.5 Å². The Balaban J connectivity index is 3.71. The molecule has 0 spiro atoms. The Hall–Kier alpha value is -0.640. The van der Waals surface area contributed by atoms with Crippen molar-refractivity contribution >= 4 is 16.8 Å². The lowest BCUT2D eigenvalue weighted by Gasteiger charge is -1.86. The normalized spacial score (nSPS) is 13.6. The topological polar surface area (TPSA) is 43.4 Å². The molecule has 4 heteroatoms. The minimum Gasteiger partial charge on any atom is -0.466 e. The van der Waals surface area contributed by atoms with E-state index in [-0.39, 0.29) is 0 Å². The van der Waals surface area contributed by atoms with Crippen LogP contribution in [0.4, 0.5) is 0 Å². The van der Waals surface area contributed by atoms with Crippen LogP contribution in [0.1, 0.15) is 0 Å². The quantitative estimate of drug-likeness (QED) is 0.410. The van der Waals surface area contributed by atoms with Gasteiger partial charge in [0.25, 0.3) is 0 Å². The van der Waals surface area contributed by atoms with Gasteiger partial charge >= 0.3 is 5.97 Å². The van der Waals surface area contributed by atoms with Crippen molar-refractivity contribution in [1.82, 2.24) is 0 Å². The Bertz CT molecular complexity index is 150. The number of hydrogen-bond donors (Lipinski definition) is 0. The molecule has 0 amide bonds. The van der Waals surface area contributed by atoms with E-state index < -0.39 is 16.8 Å². The Morgan fingerprint density at radius 3 is 2.56 bits per heavy atom. The molecule has 0 saturated heterocycles. The van der Waals surface area contributed by atoms with Crippen molar-refractivity contribution in [2.75, 3.05) is 13.4 Å². The van der Waals surface area contributed by atoms with Gasteiger partial charge in [-0.15, -0.1) is 0 Å². The van der Waals surface area contributed by atoms with Crippen LogP contribution < -0.4 is 0 Å². The monoisotopic (exact) mass is 148 g/mol. The molecule has 0 rings (SSSR count). The van der Waals surface area contributed by atoms with Gasteiger partial charge in [-0.25, -0.2) is 4.79 Å². The fourth-order valence-corrected chi connectivity index (χ4v) is 0.522. The van der Waals surface area contributed by atoms with Gasteiger partial charge in [0.2, 0.25) is 0 Å². The van der Waals surface area contributed by atoms with Crippen molar-refractivity contribution in [3.63, 3.8) is 0 Å². The van der Waals surface area contributed by atoms with Gasteiger partial charge in [0.05, 0.1) is 7.11 Å². The van der Waals surface area contributed by atoms with E-state index in [2.05, 4.69) is 4.74 Å². The summed E-state index contributed by atoms with van der Waals surface area (Å²) < 4.78 is 14.5. The molecule has 0 aliphatic heterocycles. The van der Waals surface area contributed by atoms with Crippen LogP contribution in [0.15, 0.2) is 11.5 Å². The molecule has 0 aliphatic rings. The lowest BCUT2D eigenvalue weighted by Crippen LogP contribution is -1.94. The largest absolute Gasteiger partial charge is 0.466 e. The zero-order valence-electron chi connectivity index (χ0n) is 5.29. The van der Waals surface area contributed by atoms with Crippen LogP contribution in [0.25, 0.3) is 0 Å². The summed E-state index contributed by atoms with van der Waals surface area (Å²) in [6.45, 7) is 0. The third-order valence-corrected chi connectivity index (χ3v) is 1.12. The van der Waals surface area contributed by atoms with Crippen molar-refractivity contribution < 1.29 is 13.7 Å². The molecule has 0 aromatic rings. The lowest BCUT2D eigenvalue weighted by molar-refractivity contribution is -0.134. The Labute approximate surface area is 56.2 Å². The zero-order chi connectivity index (χ0) is 7.28. The van der Waals surface area contributed by atoms with Gasteiger partial charge in [-0.2, -0.15) is 0 Å². The van der Waals surface area contributed by atoms with Crippen molar-refractivity contribution in [2.45, 2.75) is 0 Å². The van der Waals surface area contributed by atoms with Gasteiger partial charge in [0.1, 0.15) is 0 Å². The molecule has 0 radical (unpaired) electrons. The molecule has 52 valence electrons. The molecule has 0 aromatic carbocycles. The standard InChI is InChI=1S/C5H8O3S/c1-8-5(6)3-4-9(2)7/h3-4H,1-2H3/b4-3+. The molecule has 0 heterocycles. The second-order valence-corrected chi connectivity index (χ2v) is 2.59. The highest BCUT2D eigenvalue weighted by Crippen LogP contribution is 1.80. The highest BCUT2D eigenvalue weighted by atomic mass is 32.2. The van der Waals surface area contributed by atoms with Gasteiger partial charge in [-0.05, 0) is 0 Å². The summed E-state index contributed by atoms with van der Waals surface area (Å²) in [5, 5.41) is 1.27. The molecule has 0 aliphatic carbocycles. The minimum absolute atomic E-state index is 0.481. The van der Waals surface area contributed by atoms with E-state index in [0.717, 1.165) is 6.08 Å². The Morgan fingerprint density at radius 2 is 2.22 bits per heavy atom. The fraction of sp³-hybridized carbons (Fsp3) is 0.400. The first-order valence-corrected chi connectivity index (χ1v) is 3.87. The first-order valence-electron chi connectivity index (χ1n) is 2.25. The highest BCUT2D eigenvalue weighted by molar-refractivity contribution is 7.87. The van der Waals surface area contributed by atoms with Crippen LogP contribution in [0.2, 0.25) is 0 Å². The predicted octanol–water partition coefficient (Wildman–Crippen LogP) is 0.0516. The molecule has 1 atom stereocenters. The average molecular weight is 148 g/mol. The van der Waals surface area contributed by atoms with Gasteiger partial charge in [-0.1, -0.05) is 0 Å². The van der Waals surface area contributed by atoms with Crippen molar-refractivity contribution in [3.8, 4) is 0 Å². The summed E-state index contributed by atoms with van der Waals surface area (Å²) >= 11 is 0. The third-order valence-electron chi connectivity index (χ3n) is 0.597.